The maximum atomic E-state index is 11.8. The van der Waals surface area contributed by atoms with Crippen molar-refractivity contribution in [3.8, 4) is 0 Å². The third kappa shape index (κ3) is 1.22. The van der Waals surface area contributed by atoms with E-state index in [1.54, 1.807) is 0 Å². The van der Waals surface area contributed by atoms with Crippen molar-refractivity contribution in [3.63, 3.8) is 0 Å². The maximum absolute atomic E-state index is 11.8. The monoisotopic (exact) mass is 220 g/mol. The predicted octanol–water partition coefficient (Wildman–Crippen LogP) is 1.65. The van der Waals surface area contributed by atoms with Crippen LogP contribution in [0.4, 0.5) is 0 Å². The van der Waals surface area contributed by atoms with E-state index >= 15 is 0 Å². The molecule has 4 heteroatoms. The van der Waals surface area contributed by atoms with Crippen LogP contribution in [0.15, 0.2) is 0 Å². The van der Waals surface area contributed by atoms with Crippen molar-refractivity contribution < 1.29 is 9.53 Å². The summed E-state index contributed by atoms with van der Waals surface area (Å²) in [6, 6.07) is 0. The van der Waals surface area contributed by atoms with Crippen LogP contribution in [0.25, 0.3) is 0 Å². The summed E-state index contributed by atoms with van der Waals surface area (Å²) in [5.74, 6) is 1.14. The second kappa shape index (κ2) is 3.34. The Labute approximate surface area is 94.6 Å². The van der Waals surface area contributed by atoms with Gasteiger partial charge in [0.25, 0.3) is 0 Å². The Morgan fingerprint density at radius 1 is 1.56 bits per heavy atom. The zero-order valence-corrected chi connectivity index (χ0v) is 9.69. The third-order valence-electron chi connectivity index (χ3n) is 3.78. The number of carbonyl (C=O) groups is 1. The van der Waals surface area contributed by atoms with E-state index in [9.17, 15) is 4.79 Å². The van der Waals surface area contributed by atoms with E-state index in [4.69, 9.17) is 4.74 Å². The van der Waals surface area contributed by atoms with Gasteiger partial charge in [-0.3, -0.25) is 4.68 Å². The van der Waals surface area contributed by atoms with Crippen LogP contribution in [0.1, 0.15) is 47.4 Å². The lowest BCUT2D eigenvalue weighted by Crippen LogP contribution is -2.32. The molecule has 0 radical (unpaired) electrons. The summed E-state index contributed by atoms with van der Waals surface area (Å²) in [5.41, 5.74) is 2.97. The van der Waals surface area contributed by atoms with Crippen LogP contribution < -0.4 is 0 Å². The molecule has 0 aromatic carbocycles. The standard InChI is InChI=1S/C12H16N2O2/c1-3-16-12(15)10-9-6-7-4-8(5-7)11(9)14(2)13-10/h7-8H,3-6H2,1-2H3. The molecule has 0 amide bonds. The Balaban J connectivity index is 2.01. The highest BCUT2D eigenvalue weighted by molar-refractivity contribution is 5.89. The van der Waals surface area contributed by atoms with Crippen LogP contribution >= 0.6 is 0 Å². The van der Waals surface area contributed by atoms with Crippen LogP contribution in [-0.4, -0.2) is 22.4 Å². The SMILES string of the molecule is CCOC(=O)c1nn(C)c2c1CC1CC2C1. The average molecular weight is 220 g/mol. The fourth-order valence-electron chi connectivity index (χ4n) is 3.07. The van der Waals surface area contributed by atoms with Crippen molar-refractivity contribution in [2.75, 3.05) is 6.61 Å². The zero-order valence-electron chi connectivity index (χ0n) is 9.69. The number of carbonyl (C=O) groups excluding carboxylic acids is 1. The molecule has 0 saturated heterocycles. The number of aromatic nitrogens is 2. The predicted molar refractivity (Wildman–Crippen MR) is 58.3 cm³/mol. The molecule has 0 atom stereocenters. The van der Waals surface area contributed by atoms with Crippen LogP contribution in [-0.2, 0) is 18.2 Å². The van der Waals surface area contributed by atoms with Gasteiger partial charge in [-0.2, -0.15) is 5.10 Å². The highest BCUT2D eigenvalue weighted by Crippen LogP contribution is 2.50. The molecule has 4 rings (SSSR count). The minimum atomic E-state index is -0.263. The zero-order chi connectivity index (χ0) is 11.3. The summed E-state index contributed by atoms with van der Waals surface area (Å²) in [7, 11) is 1.93. The fraction of sp³-hybridized carbons (Fsp3) is 0.667. The maximum Gasteiger partial charge on any atom is 0.359 e. The Kier molecular flexibility index (Phi) is 2.06. The number of ether oxygens (including phenoxy) is 1. The van der Waals surface area contributed by atoms with Gasteiger partial charge in [-0.1, -0.05) is 0 Å². The van der Waals surface area contributed by atoms with Crippen molar-refractivity contribution in [3.05, 3.63) is 17.0 Å². The first-order valence-electron chi connectivity index (χ1n) is 5.93. The third-order valence-corrected chi connectivity index (χ3v) is 3.78. The summed E-state index contributed by atoms with van der Waals surface area (Å²) in [6.07, 6.45) is 3.55. The lowest BCUT2D eigenvalue weighted by molar-refractivity contribution is 0.0516. The van der Waals surface area contributed by atoms with Crippen molar-refractivity contribution in [2.45, 2.75) is 32.1 Å². The number of nitrogens with zero attached hydrogens (tertiary/aromatic N) is 2. The molecular formula is C12H16N2O2. The van der Waals surface area contributed by atoms with Crippen LogP contribution in [0, 0.1) is 5.92 Å². The Hall–Kier alpha value is -1.32. The lowest BCUT2D eigenvalue weighted by atomic mass is 9.64. The van der Waals surface area contributed by atoms with Crippen molar-refractivity contribution in [1.29, 1.82) is 0 Å². The van der Waals surface area contributed by atoms with E-state index in [2.05, 4.69) is 5.10 Å². The molecule has 1 aromatic rings. The molecule has 1 heterocycles. The number of hydrogen-bond acceptors (Lipinski definition) is 3. The first kappa shape index (κ1) is 9.87. The Bertz CT molecular complexity index is 444. The van der Waals surface area contributed by atoms with Crippen molar-refractivity contribution in [1.82, 2.24) is 9.78 Å². The Morgan fingerprint density at radius 2 is 2.31 bits per heavy atom. The highest BCUT2D eigenvalue weighted by Gasteiger charge is 2.42. The summed E-state index contributed by atoms with van der Waals surface area (Å²) in [6.45, 7) is 2.24. The molecule has 4 nitrogen and oxygen atoms in total. The molecule has 86 valence electrons. The average Bonchev–Trinajstić information content (AvgIpc) is 2.56. The molecule has 0 spiro atoms. The first-order chi connectivity index (χ1) is 7.70. The summed E-state index contributed by atoms with van der Waals surface area (Å²) in [4.78, 5) is 11.8. The van der Waals surface area contributed by atoms with Crippen molar-refractivity contribution >= 4 is 5.97 Å². The van der Waals surface area contributed by atoms with Gasteiger partial charge in [0.1, 0.15) is 0 Å². The van der Waals surface area contributed by atoms with E-state index in [-0.39, 0.29) is 5.97 Å². The van der Waals surface area contributed by atoms with Gasteiger partial charge in [0.2, 0.25) is 0 Å². The van der Waals surface area contributed by atoms with Gasteiger partial charge in [-0.05, 0) is 32.1 Å². The fourth-order valence-corrected chi connectivity index (χ4v) is 3.07. The van der Waals surface area contributed by atoms with Crippen molar-refractivity contribution in [2.24, 2.45) is 13.0 Å². The van der Waals surface area contributed by atoms with Gasteiger partial charge < -0.3 is 4.74 Å². The normalized spacial score (nSPS) is 25.9. The number of hydrogen-bond donors (Lipinski definition) is 0. The van der Waals surface area contributed by atoms with E-state index in [0.717, 1.165) is 17.9 Å². The molecule has 16 heavy (non-hydrogen) atoms. The van der Waals surface area contributed by atoms with E-state index in [0.29, 0.717) is 18.2 Å². The van der Waals surface area contributed by atoms with Gasteiger partial charge >= 0.3 is 5.97 Å². The molecule has 3 aliphatic carbocycles. The van der Waals surface area contributed by atoms with E-state index in [1.807, 2.05) is 18.7 Å². The largest absolute Gasteiger partial charge is 0.461 e. The topological polar surface area (TPSA) is 44.1 Å². The first-order valence-corrected chi connectivity index (χ1v) is 5.93. The quantitative estimate of drug-likeness (QED) is 0.712. The van der Waals surface area contributed by atoms with Gasteiger partial charge in [0, 0.05) is 24.2 Å². The molecule has 2 bridgehead atoms. The van der Waals surface area contributed by atoms with E-state index < -0.39 is 0 Å². The minimum absolute atomic E-state index is 0.263. The van der Waals surface area contributed by atoms with E-state index in [1.165, 1.54) is 18.5 Å². The molecule has 0 aliphatic heterocycles. The second-order valence-electron chi connectivity index (χ2n) is 4.79. The summed E-state index contributed by atoms with van der Waals surface area (Å²) < 4.78 is 6.92. The Morgan fingerprint density at radius 3 is 3.00 bits per heavy atom. The van der Waals surface area contributed by atoms with Gasteiger partial charge in [-0.25, -0.2) is 4.79 Å². The summed E-state index contributed by atoms with van der Waals surface area (Å²) in [5, 5.41) is 4.33. The molecule has 1 saturated carbocycles. The second-order valence-corrected chi connectivity index (χ2v) is 4.79. The molecule has 1 aromatic heterocycles. The number of rotatable bonds is 2. The van der Waals surface area contributed by atoms with Gasteiger partial charge in [0.15, 0.2) is 5.69 Å². The van der Waals surface area contributed by atoms with Crippen LogP contribution in [0.5, 0.6) is 0 Å². The molecule has 0 N–H and O–H groups in total. The van der Waals surface area contributed by atoms with Gasteiger partial charge in [-0.15, -0.1) is 0 Å². The molecule has 0 unspecified atom stereocenters. The molecule has 3 aliphatic rings. The molecule has 1 fully saturated rings. The molecular weight excluding hydrogens is 204 g/mol. The highest BCUT2D eigenvalue weighted by atomic mass is 16.5. The smallest absolute Gasteiger partial charge is 0.359 e. The van der Waals surface area contributed by atoms with Crippen LogP contribution in [0.2, 0.25) is 0 Å². The lowest BCUT2D eigenvalue weighted by Gasteiger charge is -2.41. The van der Waals surface area contributed by atoms with Crippen LogP contribution in [0.3, 0.4) is 0 Å². The minimum Gasteiger partial charge on any atom is -0.461 e. The number of aryl methyl sites for hydroxylation is 1. The van der Waals surface area contributed by atoms with Gasteiger partial charge in [0.05, 0.1) is 6.61 Å². The number of esters is 1. The summed E-state index contributed by atoms with van der Waals surface area (Å²) >= 11 is 0.